The van der Waals surface area contributed by atoms with Crippen molar-refractivity contribution in [2.75, 3.05) is 40.4 Å². The first-order valence-corrected chi connectivity index (χ1v) is 5.85. The van der Waals surface area contributed by atoms with E-state index in [2.05, 4.69) is 17.3 Å². The minimum Gasteiger partial charge on any atom is -0.383 e. The molecule has 1 rings (SSSR count). The molecule has 4 heteroatoms. The van der Waals surface area contributed by atoms with Crippen LogP contribution in [0.1, 0.15) is 5.56 Å². The Morgan fingerprint density at radius 2 is 1.94 bits per heavy atom. The maximum absolute atomic E-state index is 12.7. The number of benzene rings is 1. The van der Waals surface area contributed by atoms with Gasteiger partial charge in [0.25, 0.3) is 0 Å². The van der Waals surface area contributed by atoms with Crippen molar-refractivity contribution in [2.24, 2.45) is 0 Å². The molecule has 0 radical (unpaired) electrons. The van der Waals surface area contributed by atoms with Gasteiger partial charge in [0.1, 0.15) is 5.82 Å². The molecule has 0 atom stereocenters. The molecule has 0 bridgehead atoms. The van der Waals surface area contributed by atoms with Gasteiger partial charge >= 0.3 is 0 Å². The molecule has 0 aliphatic heterocycles. The van der Waals surface area contributed by atoms with E-state index in [4.69, 9.17) is 4.74 Å². The van der Waals surface area contributed by atoms with Crippen LogP contribution < -0.4 is 5.32 Å². The van der Waals surface area contributed by atoms with Gasteiger partial charge in [0.05, 0.1) is 6.61 Å². The predicted octanol–water partition coefficient (Wildman–Crippen LogP) is 1.49. The summed E-state index contributed by atoms with van der Waals surface area (Å²) in [6, 6.07) is 6.65. The third-order valence-corrected chi connectivity index (χ3v) is 2.52. The van der Waals surface area contributed by atoms with Crippen LogP contribution in [0.3, 0.4) is 0 Å². The maximum Gasteiger partial charge on any atom is 0.123 e. The number of ether oxygens (including phenoxy) is 1. The largest absolute Gasteiger partial charge is 0.383 e. The van der Waals surface area contributed by atoms with E-state index >= 15 is 0 Å². The summed E-state index contributed by atoms with van der Waals surface area (Å²) < 4.78 is 17.7. The van der Waals surface area contributed by atoms with Crippen molar-refractivity contribution in [3.05, 3.63) is 35.6 Å². The van der Waals surface area contributed by atoms with E-state index in [0.29, 0.717) is 0 Å². The first-order valence-electron chi connectivity index (χ1n) is 5.85. The summed E-state index contributed by atoms with van der Waals surface area (Å²) in [5.74, 6) is -0.183. The topological polar surface area (TPSA) is 24.5 Å². The molecular weight excluding hydrogens is 219 g/mol. The number of hydrogen-bond donors (Lipinski definition) is 1. The number of halogens is 1. The van der Waals surface area contributed by atoms with Crippen molar-refractivity contribution in [1.82, 2.24) is 10.2 Å². The first-order chi connectivity index (χ1) is 8.22. The quantitative estimate of drug-likeness (QED) is 0.697. The number of hydrogen-bond acceptors (Lipinski definition) is 3. The van der Waals surface area contributed by atoms with Crippen LogP contribution >= 0.6 is 0 Å². The normalized spacial score (nSPS) is 11.1. The zero-order chi connectivity index (χ0) is 12.5. The third-order valence-electron chi connectivity index (χ3n) is 2.52. The van der Waals surface area contributed by atoms with Crippen molar-refractivity contribution >= 4 is 0 Å². The monoisotopic (exact) mass is 240 g/mol. The molecule has 96 valence electrons. The van der Waals surface area contributed by atoms with E-state index in [1.807, 2.05) is 12.1 Å². The second-order valence-corrected chi connectivity index (χ2v) is 4.11. The molecule has 0 heterocycles. The number of likely N-dealkylation sites (N-methyl/N-ethyl adjacent to an activating group) is 1. The Morgan fingerprint density at radius 3 is 2.59 bits per heavy atom. The zero-order valence-corrected chi connectivity index (χ0v) is 10.6. The van der Waals surface area contributed by atoms with Crippen LogP contribution in [-0.2, 0) is 11.3 Å². The Morgan fingerprint density at radius 1 is 1.24 bits per heavy atom. The van der Waals surface area contributed by atoms with E-state index in [-0.39, 0.29) is 5.82 Å². The first kappa shape index (κ1) is 14.1. The fraction of sp³-hybridized carbons (Fsp3) is 0.538. The number of nitrogens with zero attached hydrogens (tertiary/aromatic N) is 1. The summed E-state index contributed by atoms with van der Waals surface area (Å²) in [6.07, 6.45) is 0. The Labute approximate surface area is 103 Å². The predicted molar refractivity (Wildman–Crippen MR) is 67.5 cm³/mol. The van der Waals surface area contributed by atoms with Crippen LogP contribution in [0.25, 0.3) is 0 Å². The molecule has 1 N–H and O–H groups in total. The van der Waals surface area contributed by atoms with Crippen LogP contribution in [-0.4, -0.2) is 45.3 Å². The fourth-order valence-corrected chi connectivity index (χ4v) is 1.55. The average molecular weight is 240 g/mol. The van der Waals surface area contributed by atoms with Gasteiger partial charge < -0.3 is 15.0 Å². The standard InChI is InChI=1S/C13H21FN2O/c1-16(9-7-15-8-10-17-2)11-12-3-5-13(14)6-4-12/h3-6,15H,7-11H2,1-2H3. The second-order valence-electron chi connectivity index (χ2n) is 4.11. The van der Waals surface area contributed by atoms with Gasteiger partial charge in [-0.05, 0) is 24.7 Å². The highest BCUT2D eigenvalue weighted by atomic mass is 19.1. The van der Waals surface area contributed by atoms with E-state index in [9.17, 15) is 4.39 Å². The summed E-state index contributed by atoms with van der Waals surface area (Å²) in [6.45, 7) is 4.34. The highest BCUT2D eigenvalue weighted by Gasteiger charge is 2.00. The molecular formula is C13H21FN2O. The molecule has 0 saturated carbocycles. The molecule has 0 spiro atoms. The Kier molecular flexibility index (Phi) is 6.77. The lowest BCUT2D eigenvalue weighted by molar-refractivity contribution is 0.197. The van der Waals surface area contributed by atoms with Crippen LogP contribution in [0.2, 0.25) is 0 Å². The Bertz CT molecular complexity index is 303. The molecule has 0 aliphatic carbocycles. The molecule has 0 aromatic heterocycles. The average Bonchev–Trinajstić information content (AvgIpc) is 2.32. The van der Waals surface area contributed by atoms with E-state index in [0.717, 1.165) is 38.3 Å². The van der Waals surface area contributed by atoms with Crippen LogP contribution in [0.15, 0.2) is 24.3 Å². The molecule has 1 aromatic carbocycles. The molecule has 0 amide bonds. The summed E-state index contributed by atoms with van der Waals surface area (Å²) in [5, 5.41) is 3.29. The van der Waals surface area contributed by atoms with Gasteiger partial charge in [-0.1, -0.05) is 12.1 Å². The van der Waals surface area contributed by atoms with Crippen molar-refractivity contribution in [3.63, 3.8) is 0 Å². The molecule has 0 unspecified atom stereocenters. The highest BCUT2D eigenvalue weighted by Crippen LogP contribution is 2.04. The lowest BCUT2D eigenvalue weighted by atomic mass is 10.2. The van der Waals surface area contributed by atoms with Gasteiger partial charge in [-0.15, -0.1) is 0 Å². The molecule has 0 aliphatic rings. The second kappa shape index (κ2) is 8.17. The van der Waals surface area contributed by atoms with Crippen molar-refractivity contribution in [1.29, 1.82) is 0 Å². The van der Waals surface area contributed by atoms with Gasteiger partial charge in [-0.25, -0.2) is 4.39 Å². The maximum atomic E-state index is 12.7. The zero-order valence-electron chi connectivity index (χ0n) is 10.6. The van der Waals surface area contributed by atoms with Gasteiger partial charge in [0.15, 0.2) is 0 Å². The number of rotatable bonds is 8. The fourth-order valence-electron chi connectivity index (χ4n) is 1.55. The van der Waals surface area contributed by atoms with E-state index in [1.54, 1.807) is 7.11 Å². The third kappa shape index (κ3) is 6.36. The van der Waals surface area contributed by atoms with Gasteiger partial charge in [-0.2, -0.15) is 0 Å². The summed E-state index contributed by atoms with van der Waals surface area (Å²) in [7, 11) is 3.75. The summed E-state index contributed by atoms with van der Waals surface area (Å²) in [5.41, 5.74) is 1.13. The van der Waals surface area contributed by atoms with Gasteiger partial charge in [-0.3, -0.25) is 0 Å². The molecule has 1 aromatic rings. The summed E-state index contributed by atoms with van der Waals surface area (Å²) >= 11 is 0. The number of nitrogens with one attached hydrogen (secondary N) is 1. The number of methoxy groups -OCH3 is 1. The molecule has 0 saturated heterocycles. The van der Waals surface area contributed by atoms with E-state index in [1.165, 1.54) is 12.1 Å². The Hall–Kier alpha value is -0.970. The molecule has 3 nitrogen and oxygen atoms in total. The van der Waals surface area contributed by atoms with Crippen LogP contribution in [0.4, 0.5) is 4.39 Å². The highest BCUT2D eigenvalue weighted by molar-refractivity contribution is 5.15. The minimum absolute atomic E-state index is 0.183. The van der Waals surface area contributed by atoms with E-state index < -0.39 is 0 Å². The summed E-state index contributed by atoms with van der Waals surface area (Å²) in [4.78, 5) is 2.20. The van der Waals surface area contributed by atoms with Gasteiger partial charge in [0, 0.05) is 33.3 Å². The molecule has 0 fully saturated rings. The Balaban J connectivity index is 2.16. The SMILES string of the molecule is COCCNCCN(C)Cc1ccc(F)cc1. The lowest BCUT2D eigenvalue weighted by Gasteiger charge is -2.16. The minimum atomic E-state index is -0.183. The van der Waals surface area contributed by atoms with Crippen LogP contribution in [0.5, 0.6) is 0 Å². The molecule has 17 heavy (non-hydrogen) atoms. The lowest BCUT2D eigenvalue weighted by Crippen LogP contribution is -2.30. The van der Waals surface area contributed by atoms with Crippen molar-refractivity contribution in [2.45, 2.75) is 6.54 Å². The van der Waals surface area contributed by atoms with Crippen molar-refractivity contribution in [3.8, 4) is 0 Å². The smallest absolute Gasteiger partial charge is 0.123 e. The van der Waals surface area contributed by atoms with Crippen molar-refractivity contribution < 1.29 is 9.13 Å². The van der Waals surface area contributed by atoms with Crippen LogP contribution in [0, 0.1) is 5.82 Å². The van der Waals surface area contributed by atoms with Gasteiger partial charge in [0.2, 0.25) is 0 Å².